The third-order valence-corrected chi connectivity index (χ3v) is 4.08. The molecule has 0 bridgehead atoms. The molecule has 1 aliphatic carbocycles. The quantitative estimate of drug-likeness (QED) is 0.704. The minimum atomic E-state index is -0.259. The number of carbonyl (C=O) groups is 1. The molecular formula is C19H32NO2. The van der Waals surface area contributed by atoms with Gasteiger partial charge in [-0.2, -0.15) is 0 Å². The van der Waals surface area contributed by atoms with Crippen LogP contribution in [0.5, 0.6) is 0 Å². The Hall–Kier alpha value is -1.25. The summed E-state index contributed by atoms with van der Waals surface area (Å²) in [5.41, 5.74) is 2.54. The molecule has 0 aromatic rings. The maximum absolute atomic E-state index is 12.3. The van der Waals surface area contributed by atoms with Crippen LogP contribution in [0, 0.1) is 17.3 Å². The monoisotopic (exact) mass is 306 g/mol. The number of ether oxygens (including phenoxy) is 1. The molecule has 0 saturated carbocycles. The molecule has 0 spiro atoms. The molecule has 0 aromatic carbocycles. The van der Waals surface area contributed by atoms with E-state index in [0.29, 0.717) is 13.1 Å². The first-order chi connectivity index (χ1) is 10.0. The maximum Gasteiger partial charge on any atom is 0.414 e. The summed E-state index contributed by atoms with van der Waals surface area (Å²) in [6.45, 7) is 18.4. The largest absolute Gasteiger partial charge is 0.414 e. The smallest absolute Gasteiger partial charge is 0.414 e. The number of nitrogens with zero attached hydrogens (tertiary/aromatic N) is 1. The highest BCUT2D eigenvalue weighted by atomic mass is 16.6. The molecule has 22 heavy (non-hydrogen) atoms. The predicted octanol–water partition coefficient (Wildman–Crippen LogP) is 5.35. The van der Waals surface area contributed by atoms with Gasteiger partial charge in [0.05, 0.1) is 0 Å². The first-order valence-electron chi connectivity index (χ1n) is 8.26. The van der Waals surface area contributed by atoms with E-state index in [2.05, 4.69) is 54.0 Å². The molecule has 0 heterocycles. The lowest BCUT2D eigenvalue weighted by atomic mass is 9.75. The standard InChI is InChI=1S/C19H32NO2/c1-9-20(10-2)17(21)22-16-12-11-14(18(3,4)5)13-15(16)19(6,7)8/h12-13H,9-11H2,1-8H3. The zero-order chi connectivity index (χ0) is 17.1. The fourth-order valence-electron chi connectivity index (χ4n) is 2.46. The van der Waals surface area contributed by atoms with Crippen LogP contribution in [0.25, 0.3) is 0 Å². The molecule has 3 nitrogen and oxygen atoms in total. The highest BCUT2D eigenvalue weighted by Gasteiger charge is 2.30. The van der Waals surface area contributed by atoms with Crippen molar-refractivity contribution in [2.24, 2.45) is 10.8 Å². The second kappa shape index (κ2) is 6.89. The van der Waals surface area contributed by atoms with Gasteiger partial charge >= 0.3 is 6.09 Å². The molecule has 0 aromatic heterocycles. The van der Waals surface area contributed by atoms with Gasteiger partial charge in [0.25, 0.3) is 0 Å². The molecule has 0 unspecified atom stereocenters. The summed E-state index contributed by atoms with van der Waals surface area (Å²) < 4.78 is 5.70. The Morgan fingerprint density at radius 2 is 1.64 bits per heavy atom. The molecule has 1 amide bonds. The third kappa shape index (κ3) is 4.62. The van der Waals surface area contributed by atoms with Crippen LogP contribution in [0.3, 0.4) is 0 Å². The number of carbonyl (C=O) groups excluding carboxylic acids is 1. The minimum absolute atomic E-state index is 0.0632. The lowest BCUT2D eigenvalue weighted by Gasteiger charge is -2.33. The van der Waals surface area contributed by atoms with Crippen LogP contribution in [0.1, 0.15) is 61.8 Å². The Morgan fingerprint density at radius 3 is 2.05 bits per heavy atom. The Labute approximate surface area is 136 Å². The van der Waals surface area contributed by atoms with Gasteiger partial charge in [-0.3, -0.25) is 0 Å². The predicted molar refractivity (Wildman–Crippen MR) is 92.3 cm³/mol. The van der Waals surface area contributed by atoms with E-state index in [1.54, 1.807) is 4.90 Å². The summed E-state index contributed by atoms with van der Waals surface area (Å²) >= 11 is 0. The molecule has 0 atom stereocenters. The van der Waals surface area contributed by atoms with Crippen LogP contribution in [0.4, 0.5) is 4.79 Å². The van der Waals surface area contributed by atoms with Crippen molar-refractivity contribution in [2.45, 2.75) is 61.8 Å². The summed E-state index contributed by atoms with van der Waals surface area (Å²) in [7, 11) is 0. The van der Waals surface area contributed by atoms with Gasteiger partial charge < -0.3 is 9.64 Å². The number of amides is 1. The van der Waals surface area contributed by atoms with Gasteiger partial charge in [-0.1, -0.05) is 53.2 Å². The zero-order valence-corrected chi connectivity index (χ0v) is 15.5. The van der Waals surface area contributed by atoms with E-state index < -0.39 is 0 Å². The van der Waals surface area contributed by atoms with E-state index in [9.17, 15) is 4.79 Å². The van der Waals surface area contributed by atoms with Gasteiger partial charge in [-0.15, -0.1) is 0 Å². The molecule has 125 valence electrons. The van der Waals surface area contributed by atoms with Crippen molar-refractivity contribution >= 4 is 6.09 Å². The fraction of sp³-hybridized carbons (Fsp3) is 0.684. The van der Waals surface area contributed by atoms with Crippen molar-refractivity contribution < 1.29 is 9.53 Å². The molecule has 0 saturated heterocycles. The lowest BCUT2D eigenvalue weighted by molar-refractivity contribution is 0.132. The van der Waals surface area contributed by atoms with Crippen LogP contribution < -0.4 is 0 Å². The number of hydrogen-bond donors (Lipinski definition) is 0. The van der Waals surface area contributed by atoms with Gasteiger partial charge in [0.15, 0.2) is 0 Å². The van der Waals surface area contributed by atoms with Gasteiger partial charge in [0.2, 0.25) is 0 Å². The van der Waals surface area contributed by atoms with Crippen molar-refractivity contribution in [1.29, 1.82) is 0 Å². The highest BCUT2D eigenvalue weighted by Crippen LogP contribution is 2.41. The average Bonchev–Trinajstić information content (AvgIpc) is 2.38. The zero-order valence-electron chi connectivity index (χ0n) is 15.5. The topological polar surface area (TPSA) is 29.5 Å². The normalized spacial score (nSPS) is 16.5. The Balaban J connectivity index is 3.15. The van der Waals surface area contributed by atoms with Crippen LogP contribution in [0.15, 0.2) is 23.0 Å². The summed E-state index contributed by atoms with van der Waals surface area (Å²) in [6, 6.07) is 0. The summed E-state index contributed by atoms with van der Waals surface area (Å²) in [6.07, 6.45) is 4.86. The van der Waals surface area contributed by atoms with Crippen molar-refractivity contribution in [2.75, 3.05) is 13.1 Å². The van der Waals surface area contributed by atoms with Crippen molar-refractivity contribution in [1.82, 2.24) is 4.90 Å². The van der Waals surface area contributed by atoms with E-state index in [-0.39, 0.29) is 16.9 Å². The van der Waals surface area contributed by atoms with Gasteiger partial charge in [0, 0.05) is 19.5 Å². The van der Waals surface area contributed by atoms with E-state index in [1.165, 1.54) is 5.57 Å². The summed E-state index contributed by atoms with van der Waals surface area (Å²) in [5, 5.41) is 0. The minimum Gasteiger partial charge on any atom is -0.414 e. The van der Waals surface area contributed by atoms with Gasteiger partial charge in [0.1, 0.15) is 5.76 Å². The van der Waals surface area contributed by atoms with E-state index >= 15 is 0 Å². The van der Waals surface area contributed by atoms with E-state index in [1.807, 2.05) is 13.8 Å². The maximum atomic E-state index is 12.3. The van der Waals surface area contributed by atoms with Crippen molar-refractivity contribution in [3.63, 3.8) is 0 Å². The number of hydrogen-bond acceptors (Lipinski definition) is 2. The SMILES string of the molecule is CCN(CC)C(=O)OC1=C(C(C)(C)C)C=C(C(C)(C)C)C[CH]1. The molecular weight excluding hydrogens is 274 g/mol. The Morgan fingerprint density at radius 1 is 1.09 bits per heavy atom. The van der Waals surface area contributed by atoms with Crippen molar-refractivity contribution in [3.8, 4) is 0 Å². The first kappa shape index (κ1) is 18.8. The second-order valence-corrected chi connectivity index (χ2v) is 7.90. The van der Waals surface area contributed by atoms with Crippen LogP contribution in [0.2, 0.25) is 0 Å². The average molecular weight is 306 g/mol. The molecule has 0 fully saturated rings. The number of allylic oxidation sites excluding steroid dienone is 4. The Bertz CT molecular complexity index is 469. The van der Waals surface area contributed by atoms with Gasteiger partial charge in [-0.25, -0.2) is 4.79 Å². The Kier molecular flexibility index (Phi) is 5.89. The van der Waals surface area contributed by atoms with Gasteiger partial charge in [-0.05, 0) is 36.7 Å². The van der Waals surface area contributed by atoms with E-state index in [4.69, 9.17) is 4.74 Å². The molecule has 1 rings (SSSR count). The molecule has 1 radical (unpaired) electrons. The third-order valence-electron chi connectivity index (χ3n) is 4.08. The highest BCUT2D eigenvalue weighted by molar-refractivity contribution is 5.69. The van der Waals surface area contributed by atoms with Crippen LogP contribution >= 0.6 is 0 Å². The van der Waals surface area contributed by atoms with Crippen LogP contribution in [-0.4, -0.2) is 24.1 Å². The van der Waals surface area contributed by atoms with Crippen LogP contribution in [-0.2, 0) is 4.74 Å². The molecule has 3 heteroatoms. The molecule has 0 aliphatic heterocycles. The first-order valence-corrected chi connectivity index (χ1v) is 8.26. The number of rotatable bonds is 3. The molecule has 1 aliphatic rings. The van der Waals surface area contributed by atoms with E-state index in [0.717, 1.165) is 17.8 Å². The lowest BCUT2D eigenvalue weighted by Crippen LogP contribution is -2.32. The summed E-state index contributed by atoms with van der Waals surface area (Å²) in [5.74, 6) is 0.720. The second-order valence-electron chi connectivity index (χ2n) is 7.90. The molecule has 0 N–H and O–H groups in total. The fourth-order valence-corrected chi connectivity index (χ4v) is 2.46. The summed E-state index contributed by atoms with van der Waals surface area (Å²) in [4.78, 5) is 14.0. The van der Waals surface area contributed by atoms with Crippen molar-refractivity contribution in [3.05, 3.63) is 29.4 Å².